The zero-order valence-electron chi connectivity index (χ0n) is 7.25. The van der Waals surface area contributed by atoms with Gasteiger partial charge in [0.05, 0.1) is 0 Å². The van der Waals surface area contributed by atoms with Gasteiger partial charge in [-0.05, 0) is 12.2 Å². The van der Waals surface area contributed by atoms with Gasteiger partial charge < -0.3 is 4.90 Å². The molecule has 0 aliphatic carbocycles. The molecule has 1 N–H and O–H groups in total. The second kappa shape index (κ2) is 6.77. The van der Waals surface area contributed by atoms with Gasteiger partial charge in [-0.3, -0.25) is 5.21 Å². The second-order valence-electron chi connectivity index (χ2n) is 1.70. The maximum absolute atomic E-state index is 8.64. The number of nitrogens with zero attached hydrogens (tertiary/aromatic N) is 2. The van der Waals surface area contributed by atoms with E-state index in [1.807, 2.05) is 13.8 Å². The Morgan fingerprint density at radius 3 is 1.50 bits per heavy atom. The van der Waals surface area contributed by atoms with Crippen LogP contribution in [0.1, 0.15) is 13.8 Å². The van der Waals surface area contributed by atoms with Gasteiger partial charge in [-0.15, -0.1) is 0 Å². The van der Waals surface area contributed by atoms with Crippen LogP contribution in [0.3, 0.4) is 0 Å². The standard InChI is InChI=1S/C4H10N2OS.C2H6/c1-5(2)4(8)6(3)7;1-2/h7H,1-3H3;1-2H3. The maximum Gasteiger partial charge on any atom is 0.194 e. The van der Waals surface area contributed by atoms with Crippen LogP contribution in [0.15, 0.2) is 0 Å². The highest BCUT2D eigenvalue weighted by Gasteiger charge is 1.99. The predicted molar refractivity (Wildman–Crippen MR) is 47.2 cm³/mol. The molecule has 0 radical (unpaired) electrons. The minimum absolute atomic E-state index is 0.407. The first-order valence-corrected chi connectivity index (χ1v) is 3.60. The molecule has 0 fully saturated rings. The first-order chi connectivity index (χ1) is 4.55. The lowest BCUT2D eigenvalue weighted by molar-refractivity contribution is 0.00590. The lowest BCUT2D eigenvalue weighted by Crippen LogP contribution is -2.33. The molecule has 0 heterocycles. The molecular formula is C6H16N2OS. The van der Waals surface area contributed by atoms with E-state index in [-0.39, 0.29) is 0 Å². The number of thiocarbonyl (C=S) groups is 1. The van der Waals surface area contributed by atoms with Gasteiger partial charge >= 0.3 is 0 Å². The van der Waals surface area contributed by atoms with Crippen molar-refractivity contribution >= 4 is 17.3 Å². The summed E-state index contributed by atoms with van der Waals surface area (Å²) in [5.74, 6) is 0. The Morgan fingerprint density at radius 2 is 1.50 bits per heavy atom. The van der Waals surface area contributed by atoms with Gasteiger partial charge in [-0.2, -0.15) is 0 Å². The van der Waals surface area contributed by atoms with Crippen LogP contribution in [0.4, 0.5) is 0 Å². The van der Waals surface area contributed by atoms with E-state index in [1.54, 1.807) is 19.0 Å². The third kappa shape index (κ3) is 5.78. The largest absolute Gasteiger partial charge is 0.354 e. The maximum atomic E-state index is 8.64. The monoisotopic (exact) mass is 164 g/mol. The summed E-state index contributed by atoms with van der Waals surface area (Å²) in [4.78, 5) is 1.65. The fourth-order valence-corrected chi connectivity index (χ4v) is 0.289. The lowest BCUT2D eigenvalue weighted by Gasteiger charge is -2.18. The van der Waals surface area contributed by atoms with Crippen LogP contribution in [0, 0.1) is 0 Å². The smallest absolute Gasteiger partial charge is 0.194 e. The van der Waals surface area contributed by atoms with Gasteiger partial charge in [0.25, 0.3) is 0 Å². The Hall–Kier alpha value is -0.350. The van der Waals surface area contributed by atoms with Crippen molar-refractivity contribution in [1.29, 1.82) is 0 Å². The highest BCUT2D eigenvalue weighted by Crippen LogP contribution is 1.84. The number of rotatable bonds is 0. The van der Waals surface area contributed by atoms with Crippen LogP contribution in [-0.4, -0.2) is 41.4 Å². The van der Waals surface area contributed by atoms with Crippen LogP contribution in [-0.2, 0) is 0 Å². The molecule has 0 saturated carbocycles. The molecule has 0 aromatic rings. The summed E-state index contributed by atoms with van der Waals surface area (Å²) in [6.45, 7) is 4.00. The molecule has 0 unspecified atom stereocenters. The summed E-state index contributed by atoms with van der Waals surface area (Å²) in [6.07, 6.45) is 0. The molecule has 0 atom stereocenters. The molecule has 0 rings (SSSR count). The molecule has 3 nitrogen and oxygen atoms in total. The molecule has 4 heteroatoms. The Morgan fingerprint density at radius 1 is 1.20 bits per heavy atom. The predicted octanol–water partition coefficient (Wildman–Crippen LogP) is 1.18. The van der Waals surface area contributed by atoms with E-state index >= 15 is 0 Å². The zero-order valence-corrected chi connectivity index (χ0v) is 8.07. The third-order valence-corrected chi connectivity index (χ3v) is 1.29. The average Bonchev–Trinajstić information content (AvgIpc) is 1.90. The molecule has 0 aliphatic heterocycles. The normalized spacial score (nSPS) is 7.40. The van der Waals surface area contributed by atoms with Gasteiger partial charge in [-0.25, -0.2) is 5.06 Å². The summed E-state index contributed by atoms with van der Waals surface area (Å²) in [6, 6.07) is 0. The van der Waals surface area contributed by atoms with Gasteiger partial charge in [0.1, 0.15) is 0 Å². The molecule has 0 aliphatic rings. The highest BCUT2D eigenvalue weighted by atomic mass is 32.1. The summed E-state index contributed by atoms with van der Waals surface area (Å²) < 4.78 is 0. The van der Waals surface area contributed by atoms with E-state index in [4.69, 9.17) is 17.4 Å². The van der Waals surface area contributed by atoms with E-state index < -0.39 is 0 Å². The van der Waals surface area contributed by atoms with Crippen molar-refractivity contribution < 1.29 is 5.21 Å². The third-order valence-electron chi connectivity index (χ3n) is 0.659. The second-order valence-corrected chi connectivity index (χ2v) is 2.07. The van der Waals surface area contributed by atoms with Gasteiger partial charge in [-0.1, -0.05) is 13.8 Å². The van der Waals surface area contributed by atoms with Crippen molar-refractivity contribution in [1.82, 2.24) is 9.96 Å². The lowest BCUT2D eigenvalue weighted by atomic mass is 10.8. The Labute approximate surface area is 68.2 Å². The van der Waals surface area contributed by atoms with Gasteiger partial charge in [0, 0.05) is 21.1 Å². The fraction of sp³-hybridized carbons (Fsp3) is 0.833. The van der Waals surface area contributed by atoms with Crippen molar-refractivity contribution in [2.75, 3.05) is 21.1 Å². The number of hydrogen-bond donors (Lipinski definition) is 1. The van der Waals surface area contributed by atoms with Gasteiger partial charge in [0.15, 0.2) is 5.11 Å². The van der Waals surface area contributed by atoms with Crippen LogP contribution < -0.4 is 0 Å². The minimum Gasteiger partial charge on any atom is -0.354 e. The molecule has 0 spiro atoms. The number of hydrogen-bond acceptors (Lipinski definition) is 2. The topological polar surface area (TPSA) is 26.7 Å². The first kappa shape index (κ1) is 12.3. The highest BCUT2D eigenvalue weighted by molar-refractivity contribution is 7.80. The average molecular weight is 164 g/mol. The molecular weight excluding hydrogens is 148 g/mol. The first-order valence-electron chi connectivity index (χ1n) is 3.19. The SMILES string of the molecule is CC.CN(C)C(=S)N(C)O. The molecule has 0 amide bonds. The van der Waals surface area contributed by atoms with E-state index in [2.05, 4.69) is 0 Å². The van der Waals surface area contributed by atoms with Crippen LogP contribution in [0.2, 0.25) is 0 Å². The van der Waals surface area contributed by atoms with Crippen LogP contribution >= 0.6 is 12.2 Å². The Bertz CT molecular complexity index is 83.7. The molecule has 0 aromatic heterocycles. The van der Waals surface area contributed by atoms with Crippen molar-refractivity contribution in [3.05, 3.63) is 0 Å². The van der Waals surface area contributed by atoms with E-state index in [0.717, 1.165) is 5.06 Å². The van der Waals surface area contributed by atoms with E-state index in [1.165, 1.54) is 7.05 Å². The van der Waals surface area contributed by atoms with Crippen molar-refractivity contribution in [2.24, 2.45) is 0 Å². The minimum atomic E-state index is 0.407. The van der Waals surface area contributed by atoms with Crippen molar-refractivity contribution in [3.8, 4) is 0 Å². The quantitative estimate of drug-likeness (QED) is 0.429. The van der Waals surface area contributed by atoms with Crippen molar-refractivity contribution in [3.63, 3.8) is 0 Å². The van der Waals surface area contributed by atoms with Crippen LogP contribution in [0.5, 0.6) is 0 Å². The van der Waals surface area contributed by atoms with Crippen molar-refractivity contribution in [2.45, 2.75) is 13.8 Å². The van der Waals surface area contributed by atoms with E-state index in [9.17, 15) is 0 Å². The summed E-state index contributed by atoms with van der Waals surface area (Å²) in [7, 11) is 5.03. The molecule has 0 bridgehead atoms. The fourth-order valence-electron chi connectivity index (χ4n) is 0.289. The Balaban J connectivity index is 0. The van der Waals surface area contributed by atoms with E-state index in [0.29, 0.717) is 5.11 Å². The molecule has 62 valence electrons. The summed E-state index contributed by atoms with van der Waals surface area (Å²) in [5, 5.41) is 9.95. The molecule has 10 heavy (non-hydrogen) atoms. The Kier molecular flexibility index (Phi) is 8.35. The molecule has 0 saturated heterocycles. The summed E-state index contributed by atoms with van der Waals surface area (Å²) >= 11 is 4.70. The zero-order chi connectivity index (χ0) is 8.73. The summed E-state index contributed by atoms with van der Waals surface area (Å²) in [5.41, 5.74) is 0. The van der Waals surface area contributed by atoms with Gasteiger partial charge in [0.2, 0.25) is 0 Å². The number of hydroxylamine groups is 2. The molecule has 0 aromatic carbocycles. The van der Waals surface area contributed by atoms with Crippen LogP contribution in [0.25, 0.3) is 0 Å².